The molecule has 1 aliphatic rings. The Hall–Kier alpha value is -1.19. The molecule has 146 valence electrons. The quantitative estimate of drug-likeness (QED) is 0.733. The van der Waals surface area contributed by atoms with E-state index in [0.29, 0.717) is 23.1 Å². The van der Waals surface area contributed by atoms with Crippen molar-refractivity contribution < 1.29 is 13.2 Å². The van der Waals surface area contributed by atoms with Crippen LogP contribution in [0.2, 0.25) is 10.0 Å². The Kier molecular flexibility index (Phi) is 6.43. The molecular weight excluding hydrogens is 429 g/mol. The summed E-state index contributed by atoms with van der Waals surface area (Å²) < 4.78 is 26.8. The zero-order valence-corrected chi connectivity index (χ0v) is 17.7. The van der Waals surface area contributed by atoms with Crippen LogP contribution in [0.15, 0.2) is 35.4 Å². The van der Waals surface area contributed by atoms with Gasteiger partial charge in [-0.3, -0.25) is 4.79 Å². The summed E-state index contributed by atoms with van der Waals surface area (Å²) >= 11 is 13.8. The van der Waals surface area contributed by atoms with E-state index < -0.39 is 15.9 Å². The van der Waals surface area contributed by atoms with E-state index in [0.717, 1.165) is 17.1 Å². The van der Waals surface area contributed by atoms with Gasteiger partial charge in [0, 0.05) is 40.8 Å². The molecule has 0 bridgehead atoms. The highest BCUT2D eigenvalue weighted by Gasteiger charge is 2.28. The standard InChI is InChI=1S/C17H19Cl2N3O3S2/c1-11(14-3-2-12(18)8-15(14)19)21-17(23)16-9-13(10-20-16)27(24,25)22-4-6-26-7-5-22/h2-3,8-11,20H,4-7H2,1H3,(H,21,23). The summed E-state index contributed by atoms with van der Waals surface area (Å²) in [5.41, 5.74) is 0.900. The van der Waals surface area contributed by atoms with E-state index in [9.17, 15) is 13.2 Å². The third-order valence-electron chi connectivity index (χ3n) is 4.29. The van der Waals surface area contributed by atoms with E-state index in [2.05, 4.69) is 10.3 Å². The zero-order valence-electron chi connectivity index (χ0n) is 14.5. The van der Waals surface area contributed by atoms with E-state index in [-0.39, 0.29) is 16.6 Å². The number of H-pyrrole nitrogens is 1. The Balaban J connectivity index is 1.73. The molecule has 2 aromatic rings. The molecule has 1 unspecified atom stereocenters. The molecule has 2 N–H and O–H groups in total. The van der Waals surface area contributed by atoms with Crippen molar-refractivity contribution in [1.29, 1.82) is 0 Å². The fraction of sp³-hybridized carbons (Fsp3) is 0.353. The van der Waals surface area contributed by atoms with E-state index in [1.807, 2.05) is 0 Å². The third-order valence-corrected chi connectivity index (χ3v) is 7.67. The number of carbonyl (C=O) groups excluding carboxylic acids is 1. The van der Waals surface area contributed by atoms with Gasteiger partial charge in [-0.1, -0.05) is 29.3 Å². The van der Waals surface area contributed by atoms with Gasteiger partial charge < -0.3 is 10.3 Å². The van der Waals surface area contributed by atoms with Gasteiger partial charge in [-0.2, -0.15) is 16.1 Å². The highest BCUT2D eigenvalue weighted by molar-refractivity contribution is 7.99. The summed E-state index contributed by atoms with van der Waals surface area (Å²) in [6, 6.07) is 6.04. The maximum Gasteiger partial charge on any atom is 0.268 e. The number of nitrogens with zero attached hydrogens (tertiary/aromatic N) is 1. The number of amides is 1. The Labute approximate surface area is 172 Å². The minimum Gasteiger partial charge on any atom is -0.356 e. The first-order valence-electron chi connectivity index (χ1n) is 8.31. The lowest BCUT2D eigenvalue weighted by Gasteiger charge is -2.24. The fourth-order valence-electron chi connectivity index (χ4n) is 2.80. The number of rotatable bonds is 5. The van der Waals surface area contributed by atoms with Crippen LogP contribution in [0.1, 0.15) is 29.0 Å². The number of aromatic amines is 1. The molecule has 1 fully saturated rings. The van der Waals surface area contributed by atoms with Crippen LogP contribution in [0.5, 0.6) is 0 Å². The van der Waals surface area contributed by atoms with E-state index in [4.69, 9.17) is 23.2 Å². The second kappa shape index (κ2) is 8.45. The molecule has 1 aromatic carbocycles. The number of hydrogen-bond donors (Lipinski definition) is 2. The van der Waals surface area contributed by atoms with E-state index in [1.165, 1.54) is 16.6 Å². The number of hydrogen-bond acceptors (Lipinski definition) is 4. The molecule has 2 heterocycles. The first-order chi connectivity index (χ1) is 12.8. The van der Waals surface area contributed by atoms with Crippen LogP contribution in [0.4, 0.5) is 0 Å². The van der Waals surface area contributed by atoms with Gasteiger partial charge in [-0.25, -0.2) is 8.42 Å². The van der Waals surface area contributed by atoms with Crippen LogP contribution in [-0.4, -0.2) is 48.2 Å². The number of sulfonamides is 1. The Bertz CT molecular complexity index is 941. The lowest BCUT2D eigenvalue weighted by molar-refractivity contribution is 0.0935. The molecule has 0 radical (unpaired) electrons. The van der Waals surface area contributed by atoms with Crippen molar-refractivity contribution in [3.63, 3.8) is 0 Å². The first-order valence-corrected chi connectivity index (χ1v) is 11.7. The molecule has 1 aliphatic heterocycles. The Morgan fingerprint density at radius 3 is 2.63 bits per heavy atom. The van der Waals surface area contributed by atoms with Crippen LogP contribution in [0.3, 0.4) is 0 Å². The average molecular weight is 448 g/mol. The molecular formula is C17H19Cl2N3O3S2. The van der Waals surface area contributed by atoms with Gasteiger partial charge in [0.1, 0.15) is 10.6 Å². The monoisotopic (exact) mass is 447 g/mol. The first kappa shape index (κ1) is 20.5. The molecule has 10 heteroatoms. The van der Waals surface area contributed by atoms with Gasteiger partial charge in [-0.05, 0) is 30.7 Å². The number of halogens is 2. The van der Waals surface area contributed by atoms with Gasteiger partial charge in [0.15, 0.2) is 0 Å². The molecule has 0 aliphatic carbocycles. The van der Waals surface area contributed by atoms with Gasteiger partial charge in [0.2, 0.25) is 10.0 Å². The smallest absolute Gasteiger partial charge is 0.268 e. The highest BCUT2D eigenvalue weighted by atomic mass is 35.5. The second-order valence-electron chi connectivity index (χ2n) is 6.13. The van der Waals surface area contributed by atoms with Crippen molar-refractivity contribution in [2.75, 3.05) is 24.6 Å². The molecule has 1 saturated heterocycles. The van der Waals surface area contributed by atoms with Crippen molar-refractivity contribution in [2.24, 2.45) is 0 Å². The summed E-state index contributed by atoms with van der Waals surface area (Å²) in [6.45, 7) is 2.75. The number of aromatic nitrogens is 1. The lowest BCUT2D eigenvalue weighted by Crippen LogP contribution is -2.37. The van der Waals surface area contributed by atoms with Crippen LogP contribution < -0.4 is 5.32 Å². The fourth-order valence-corrected chi connectivity index (χ4v) is 5.94. The summed E-state index contributed by atoms with van der Waals surface area (Å²) in [5, 5.41) is 3.77. The summed E-state index contributed by atoms with van der Waals surface area (Å²) in [5.74, 6) is 1.14. The van der Waals surface area contributed by atoms with Gasteiger partial charge in [0.25, 0.3) is 5.91 Å². The normalized spacial score (nSPS) is 16.9. The predicted octanol–water partition coefficient (Wildman–Crippen LogP) is 3.55. The zero-order chi connectivity index (χ0) is 19.6. The van der Waals surface area contributed by atoms with Crippen LogP contribution in [0.25, 0.3) is 0 Å². The number of carbonyl (C=O) groups is 1. The van der Waals surface area contributed by atoms with Crippen molar-refractivity contribution in [3.05, 3.63) is 51.8 Å². The van der Waals surface area contributed by atoms with Crippen LogP contribution in [-0.2, 0) is 10.0 Å². The van der Waals surface area contributed by atoms with E-state index >= 15 is 0 Å². The molecule has 1 aromatic heterocycles. The SMILES string of the molecule is CC(NC(=O)c1cc(S(=O)(=O)N2CCSCC2)c[nH]1)c1ccc(Cl)cc1Cl. The van der Waals surface area contributed by atoms with E-state index in [1.54, 1.807) is 36.9 Å². The third kappa shape index (κ3) is 4.63. The number of thioether (sulfide) groups is 1. The topological polar surface area (TPSA) is 82.3 Å². The van der Waals surface area contributed by atoms with Crippen molar-refractivity contribution in [1.82, 2.24) is 14.6 Å². The minimum absolute atomic E-state index is 0.0942. The van der Waals surface area contributed by atoms with Crippen molar-refractivity contribution >= 4 is 50.9 Å². The molecule has 0 saturated carbocycles. The molecule has 3 rings (SSSR count). The Morgan fingerprint density at radius 2 is 1.96 bits per heavy atom. The maximum absolute atomic E-state index is 12.7. The lowest BCUT2D eigenvalue weighted by atomic mass is 10.1. The molecule has 1 amide bonds. The summed E-state index contributed by atoms with van der Waals surface area (Å²) in [7, 11) is -3.59. The molecule has 0 spiro atoms. The highest BCUT2D eigenvalue weighted by Crippen LogP contribution is 2.26. The van der Waals surface area contributed by atoms with Crippen molar-refractivity contribution in [2.45, 2.75) is 17.9 Å². The Morgan fingerprint density at radius 1 is 1.26 bits per heavy atom. The molecule has 1 atom stereocenters. The summed E-state index contributed by atoms with van der Waals surface area (Å²) in [4.78, 5) is 15.3. The molecule has 6 nitrogen and oxygen atoms in total. The minimum atomic E-state index is -3.59. The average Bonchev–Trinajstić information content (AvgIpc) is 3.13. The largest absolute Gasteiger partial charge is 0.356 e. The predicted molar refractivity (Wildman–Crippen MR) is 109 cm³/mol. The number of nitrogens with one attached hydrogen (secondary N) is 2. The van der Waals surface area contributed by atoms with Crippen LogP contribution >= 0.6 is 35.0 Å². The maximum atomic E-state index is 12.7. The van der Waals surface area contributed by atoms with Gasteiger partial charge >= 0.3 is 0 Å². The number of benzene rings is 1. The van der Waals surface area contributed by atoms with Crippen molar-refractivity contribution in [3.8, 4) is 0 Å². The summed E-state index contributed by atoms with van der Waals surface area (Å²) in [6.07, 6.45) is 1.35. The van der Waals surface area contributed by atoms with Gasteiger partial charge in [0.05, 0.1) is 6.04 Å². The van der Waals surface area contributed by atoms with Gasteiger partial charge in [-0.15, -0.1) is 0 Å². The second-order valence-corrected chi connectivity index (χ2v) is 10.1. The molecule has 27 heavy (non-hydrogen) atoms. The van der Waals surface area contributed by atoms with Crippen LogP contribution in [0, 0.1) is 0 Å².